The first kappa shape index (κ1) is 18.6. The van der Waals surface area contributed by atoms with Crippen molar-refractivity contribution < 1.29 is 25.9 Å². The van der Waals surface area contributed by atoms with E-state index in [1.54, 1.807) is 12.1 Å². The molecule has 0 amide bonds. The molecule has 0 heterocycles. The molecule has 24 heavy (non-hydrogen) atoms. The van der Waals surface area contributed by atoms with E-state index in [-0.39, 0.29) is 14.3 Å². The van der Waals surface area contributed by atoms with Crippen LogP contribution in [0.5, 0.6) is 0 Å². The van der Waals surface area contributed by atoms with Crippen molar-refractivity contribution in [2.45, 2.75) is 16.3 Å². The van der Waals surface area contributed by atoms with Crippen LogP contribution in [0.3, 0.4) is 0 Å². The third kappa shape index (κ3) is 4.40. The first-order valence-corrected chi connectivity index (χ1v) is 9.75. The molecule has 0 saturated carbocycles. The fourth-order valence-electron chi connectivity index (χ4n) is 2.37. The number of nitrogens with zero attached hydrogens (tertiary/aromatic N) is 1. The second kappa shape index (κ2) is 6.26. The standard InChI is InChI=1S/C15H17NO6S2/c1-16(2,13-6-4-8-15(10-13)24(20,21)22)11-12-5-3-7-14(9-12)23(17,18)19/h3-10H,11H2,1-2H3,(H-,17,18,19,20,21,22)/p+1. The summed E-state index contributed by atoms with van der Waals surface area (Å²) in [5.41, 5.74) is 1.26. The van der Waals surface area contributed by atoms with E-state index < -0.39 is 20.2 Å². The zero-order valence-electron chi connectivity index (χ0n) is 13.1. The van der Waals surface area contributed by atoms with Crippen LogP contribution in [0.25, 0.3) is 0 Å². The van der Waals surface area contributed by atoms with Crippen molar-refractivity contribution >= 4 is 25.9 Å². The van der Waals surface area contributed by atoms with Gasteiger partial charge in [0.15, 0.2) is 0 Å². The van der Waals surface area contributed by atoms with Crippen LogP contribution in [-0.4, -0.2) is 40.0 Å². The van der Waals surface area contributed by atoms with Crippen molar-refractivity contribution in [1.29, 1.82) is 0 Å². The summed E-state index contributed by atoms with van der Waals surface area (Å²) in [6.07, 6.45) is 0. The van der Waals surface area contributed by atoms with Crippen molar-refractivity contribution in [3.63, 3.8) is 0 Å². The zero-order chi connectivity index (χ0) is 18.2. The average Bonchev–Trinajstić information content (AvgIpc) is 2.45. The highest BCUT2D eigenvalue weighted by Crippen LogP contribution is 2.25. The Morgan fingerprint density at radius 2 is 1.33 bits per heavy atom. The topological polar surface area (TPSA) is 109 Å². The Labute approximate surface area is 141 Å². The molecule has 0 aliphatic carbocycles. The molecule has 0 unspecified atom stereocenters. The van der Waals surface area contributed by atoms with Crippen LogP contribution in [-0.2, 0) is 26.8 Å². The highest BCUT2D eigenvalue weighted by atomic mass is 32.2. The molecule has 9 heteroatoms. The van der Waals surface area contributed by atoms with Crippen LogP contribution in [0.2, 0.25) is 0 Å². The van der Waals surface area contributed by atoms with E-state index in [9.17, 15) is 16.8 Å². The van der Waals surface area contributed by atoms with E-state index in [0.29, 0.717) is 17.8 Å². The minimum atomic E-state index is -4.31. The monoisotopic (exact) mass is 372 g/mol. The van der Waals surface area contributed by atoms with E-state index in [1.165, 1.54) is 36.4 Å². The highest BCUT2D eigenvalue weighted by molar-refractivity contribution is 7.86. The normalized spacial score (nSPS) is 13.0. The van der Waals surface area contributed by atoms with Gasteiger partial charge in [-0.15, -0.1) is 0 Å². The lowest BCUT2D eigenvalue weighted by atomic mass is 10.1. The summed E-state index contributed by atoms with van der Waals surface area (Å²) >= 11 is 0. The molecule has 2 N–H and O–H groups in total. The summed E-state index contributed by atoms with van der Waals surface area (Å²) in [7, 11) is -4.98. The molecule has 2 rings (SSSR count). The minimum absolute atomic E-state index is 0.202. The van der Waals surface area contributed by atoms with Crippen LogP contribution in [0, 0.1) is 0 Å². The molecule has 0 aliphatic rings. The van der Waals surface area contributed by atoms with Gasteiger partial charge in [-0.05, 0) is 24.3 Å². The Morgan fingerprint density at radius 1 is 0.833 bits per heavy atom. The van der Waals surface area contributed by atoms with Crippen LogP contribution in [0.1, 0.15) is 5.56 Å². The van der Waals surface area contributed by atoms with Crippen molar-refractivity contribution in [1.82, 2.24) is 4.48 Å². The smallest absolute Gasteiger partial charge is 0.292 e. The maximum absolute atomic E-state index is 11.3. The van der Waals surface area contributed by atoms with Crippen molar-refractivity contribution in [2.24, 2.45) is 0 Å². The van der Waals surface area contributed by atoms with Gasteiger partial charge >= 0.3 is 0 Å². The summed E-state index contributed by atoms with van der Waals surface area (Å²) in [5.74, 6) is 0. The molecular formula is C15H18NO6S2+. The van der Waals surface area contributed by atoms with Gasteiger partial charge in [0.25, 0.3) is 20.2 Å². The summed E-state index contributed by atoms with van der Waals surface area (Å²) in [5, 5.41) is 0. The van der Waals surface area contributed by atoms with E-state index in [1.807, 2.05) is 14.1 Å². The Balaban J connectivity index is 2.39. The third-order valence-electron chi connectivity index (χ3n) is 3.59. The SMILES string of the molecule is C[N+](C)(Cc1cccc(S(=O)(=O)O)c1)c1cccc(S(=O)(=O)O)c1. The lowest BCUT2D eigenvalue weighted by Gasteiger charge is -2.29. The molecule has 2 aromatic rings. The molecule has 130 valence electrons. The number of benzene rings is 2. The van der Waals surface area contributed by atoms with Crippen LogP contribution in [0.4, 0.5) is 5.69 Å². The fraction of sp³-hybridized carbons (Fsp3) is 0.200. The van der Waals surface area contributed by atoms with E-state index >= 15 is 0 Å². The van der Waals surface area contributed by atoms with Crippen LogP contribution < -0.4 is 4.48 Å². The zero-order valence-corrected chi connectivity index (χ0v) is 14.8. The summed E-state index contributed by atoms with van der Waals surface area (Å²) in [6, 6.07) is 11.8. The second-order valence-electron chi connectivity index (χ2n) is 5.94. The molecule has 0 radical (unpaired) electrons. The van der Waals surface area contributed by atoms with Gasteiger partial charge in [-0.25, -0.2) is 0 Å². The highest BCUT2D eigenvalue weighted by Gasteiger charge is 2.23. The van der Waals surface area contributed by atoms with Gasteiger partial charge < -0.3 is 0 Å². The summed E-state index contributed by atoms with van der Waals surface area (Å²) in [4.78, 5) is -0.412. The lowest BCUT2D eigenvalue weighted by molar-refractivity contribution is 0.390. The van der Waals surface area contributed by atoms with Gasteiger partial charge in [0.2, 0.25) is 0 Å². The van der Waals surface area contributed by atoms with Gasteiger partial charge in [-0.2, -0.15) is 16.8 Å². The number of quaternary nitrogens is 1. The van der Waals surface area contributed by atoms with E-state index in [0.717, 1.165) is 0 Å². The maximum Gasteiger partial charge on any atom is 0.294 e. The molecule has 0 spiro atoms. The van der Waals surface area contributed by atoms with Gasteiger partial charge in [0, 0.05) is 11.6 Å². The first-order valence-electron chi connectivity index (χ1n) is 6.87. The Bertz CT molecular complexity index is 965. The Hall–Kier alpha value is -1.78. The number of hydrogen-bond acceptors (Lipinski definition) is 4. The Kier molecular flexibility index (Phi) is 4.84. The predicted molar refractivity (Wildman–Crippen MR) is 89.9 cm³/mol. The molecule has 0 bridgehead atoms. The summed E-state index contributed by atoms with van der Waals surface area (Å²) in [6.45, 7) is 0.346. The fourth-order valence-corrected chi connectivity index (χ4v) is 3.44. The number of hydrogen-bond donors (Lipinski definition) is 2. The Morgan fingerprint density at radius 3 is 1.88 bits per heavy atom. The molecule has 0 saturated heterocycles. The summed E-state index contributed by atoms with van der Waals surface area (Å²) < 4.78 is 63.5. The van der Waals surface area contributed by atoms with Crippen molar-refractivity contribution in [3.05, 3.63) is 54.1 Å². The van der Waals surface area contributed by atoms with Gasteiger partial charge in [-0.1, -0.05) is 18.2 Å². The third-order valence-corrected chi connectivity index (χ3v) is 5.29. The van der Waals surface area contributed by atoms with Crippen molar-refractivity contribution in [3.8, 4) is 0 Å². The average molecular weight is 372 g/mol. The number of rotatable bonds is 5. The molecule has 0 aromatic heterocycles. The molecular weight excluding hydrogens is 354 g/mol. The molecule has 2 aromatic carbocycles. The lowest BCUT2D eigenvalue weighted by Crippen LogP contribution is -2.39. The van der Waals surface area contributed by atoms with E-state index in [2.05, 4.69) is 0 Å². The second-order valence-corrected chi connectivity index (χ2v) is 8.78. The van der Waals surface area contributed by atoms with Crippen LogP contribution >= 0.6 is 0 Å². The van der Waals surface area contributed by atoms with Gasteiger partial charge in [0.05, 0.1) is 23.9 Å². The van der Waals surface area contributed by atoms with Gasteiger partial charge in [0.1, 0.15) is 12.2 Å². The maximum atomic E-state index is 11.3. The largest absolute Gasteiger partial charge is 0.294 e. The molecule has 0 aliphatic heterocycles. The molecule has 0 fully saturated rings. The molecule has 0 atom stereocenters. The van der Waals surface area contributed by atoms with Gasteiger partial charge in [-0.3, -0.25) is 13.6 Å². The van der Waals surface area contributed by atoms with Crippen molar-refractivity contribution in [2.75, 3.05) is 14.1 Å². The first-order chi connectivity index (χ1) is 10.9. The molecule has 7 nitrogen and oxygen atoms in total. The quantitative estimate of drug-likeness (QED) is 0.613. The van der Waals surface area contributed by atoms with E-state index in [4.69, 9.17) is 9.11 Å². The van der Waals surface area contributed by atoms with Crippen LogP contribution in [0.15, 0.2) is 58.3 Å². The minimum Gasteiger partial charge on any atom is -0.292 e. The predicted octanol–water partition coefficient (Wildman–Crippen LogP) is 1.95.